The summed E-state index contributed by atoms with van der Waals surface area (Å²) in [5, 5.41) is 0. The molecule has 3 nitrogen and oxygen atoms in total. The van der Waals surface area contributed by atoms with Crippen molar-refractivity contribution in [3.63, 3.8) is 0 Å². The highest BCUT2D eigenvalue weighted by Crippen LogP contribution is 2.52. The van der Waals surface area contributed by atoms with Crippen LogP contribution < -0.4 is 0 Å². The number of hydrogen-bond donors (Lipinski definition) is 0. The van der Waals surface area contributed by atoms with Crippen LogP contribution in [-0.2, 0) is 4.79 Å². The number of rotatable bonds is 0. The zero-order valence-electron chi connectivity index (χ0n) is 9.09. The third-order valence-corrected chi connectivity index (χ3v) is 4.26. The van der Waals surface area contributed by atoms with Gasteiger partial charge in [0.05, 0.1) is 5.92 Å². The smallest absolute Gasteiger partial charge is 0.230 e. The van der Waals surface area contributed by atoms with Crippen molar-refractivity contribution >= 4 is 5.91 Å². The van der Waals surface area contributed by atoms with Gasteiger partial charge in [-0.2, -0.15) is 0 Å². The first kappa shape index (κ1) is 9.00. The molecular weight excluding hydrogens is 164 g/mol. The molecule has 0 aromatic carbocycles. The Morgan fingerprint density at radius 2 is 1.85 bits per heavy atom. The number of carbonyl (C=O) groups is 1. The van der Waals surface area contributed by atoms with Gasteiger partial charge in [-0.15, -0.1) is 0 Å². The molecule has 0 bridgehead atoms. The first-order valence-electron chi connectivity index (χ1n) is 4.83. The van der Waals surface area contributed by atoms with Crippen LogP contribution in [0, 0.1) is 5.92 Å². The number of fused-ring (bicyclic) bond motifs is 1. The number of carbonyl (C=O) groups excluding carboxylic acids is 1. The van der Waals surface area contributed by atoms with Crippen molar-refractivity contribution in [2.75, 3.05) is 14.1 Å². The molecule has 0 aliphatic carbocycles. The average molecular weight is 182 g/mol. The van der Waals surface area contributed by atoms with E-state index in [0.717, 1.165) is 6.42 Å². The highest BCUT2D eigenvalue weighted by atomic mass is 16.2. The van der Waals surface area contributed by atoms with Crippen LogP contribution in [0.4, 0.5) is 0 Å². The van der Waals surface area contributed by atoms with Crippen molar-refractivity contribution in [1.82, 2.24) is 9.80 Å². The summed E-state index contributed by atoms with van der Waals surface area (Å²) in [5.41, 5.74) is 0.125. The van der Waals surface area contributed by atoms with E-state index in [0.29, 0.717) is 5.91 Å². The summed E-state index contributed by atoms with van der Waals surface area (Å²) in [6, 6.07) is 0. The molecule has 2 aliphatic rings. The summed E-state index contributed by atoms with van der Waals surface area (Å²) in [6.07, 6.45) is 0.989. The van der Waals surface area contributed by atoms with E-state index in [2.05, 4.69) is 32.7 Å². The predicted molar refractivity (Wildman–Crippen MR) is 51.1 cm³/mol. The first-order valence-corrected chi connectivity index (χ1v) is 4.83. The standard InChI is InChI=1S/C10H18N2O/c1-9(2)6-7-8(13)11(4)10(7,3)12(9)5/h7H,6H2,1-5H3. The maximum Gasteiger partial charge on any atom is 0.230 e. The van der Waals surface area contributed by atoms with Gasteiger partial charge in [-0.1, -0.05) is 0 Å². The van der Waals surface area contributed by atoms with Gasteiger partial charge < -0.3 is 4.90 Å². The molecule has 1 amide bonds. The molecule has 0 aromatic rings. The van der Waals surface area contributed by atoms with Crippen LogP contribution in [0.25, 0.3) is 0 Å². The largest absolute Gasteiger partial charge is 0.326 e. The highest BCUT2D eigenvalue weighted by molar-refractivity contribution is 5.88. The Morgan fingerprint density at radius 3 is 2.31 bits per heavy atom. The van der Waals surface area contributed by atoms with Crippen molar-refractivity contribution in [2.45, 2.75) is 38.4 Å². The van der Waals surface area contributed by atoms with Crippen LogP contribution in [0.5, 0.6) is 0 Å². The number of nitrogens with zero attached hydrogens (tertiary/aromatic N) is 2. The second-order valence-electron chi connectivity index (χ2n) is 5.12. The SMILES string of the molecule is CN1C(=O)C2CC(C)(C)N(C)C21C. The van der Waals surface area contributed by atoms with Gasteiger partial charge in [0.2, 0.25) is 5.91 Å². The Labute approximate surface area is 79.7 Å². The molecule has 13 heavy (non-hydrogen) atoms. The molecule has 2 fully saturated rings. The van der Waals surface area contributed by atoms with E-state index >= 15 is 0 Å². The maximum atomic E-state index is 11.6. The van der Waals surface area contributed by atoms with E-state index in [1.165, 1.54) is 0 Å². The summed E-state index contributed by atoms with van der Waals surface area (Å²) in [5.74, 6) is 0.525. The summed E-state index contributed by atoms with van der Waals surface area (Å²) in [6.45, 7) is 6.57. The van der Waals surface area contributed by atoms with E-state index < -0.39 is 0 Å². The second-order valence-corrected chi connectivity index (χ2v) is 5.12. The number of amides is 1. The van der Waals surface area contributed by atoms with Crippen LogP contribution in [0.1, 0.15) is 27.2 Å². The second kappa shape index (κ2) is 2.08. The summed E-state index contributed by atoms with van der Waals surface area (Å²) in [4.78, 5) is 15.8. The Morgan fingerprint density at radius 1 is 1.31 bits per heavy atom. The molecule has 2 atom stereocenters. The average Bonchev–Trinajstić information content (AvgIpc) is 2.24. The van der Waals surface area contributed by atoms with Crippen LogP contribution in [0.3, 0.4) is 0 Å². The number of likely N-dealkylation sites (tertiary alicyclic amines) is 2. The van der Waals surface area contributed by atoms with Crippen LogP contribution in [0.2, 0.25) is 0 Å². The van der Waals surface area contributed by atoms with Crippen LogP contribution >= 0.6 is 0 Å². The summed E-state index contributed by atoms with van der Waals surface area (Å²) < 4.78 is 0. The molecule has 0 aromatic heterocycles. The van der Waals surface area contributed by atoms with Crippen molar-refractivity contribution in [1.29, 1.82) is 0 Å². The predicted octanol–water partition coefficient (Wildman–Crippen LogP) is 0.905. The Kier molecular flexibility index (Phi) is 1.44. The molecule has 0 N–H and O–H groups in total. The summed E-state index contributed by atoms with van der Waals surface area (Å²) in [7, 11) is 4.01. The van der Waals surface area contributed by atoms with E-state index in [4.69, 9.17) is 0 Å². The zero-order chi connectivity index (χ0) is 10.0. The first-order chi connectivity index (χ1) is 5.82. The number of hydrogen-bond acceptors (Lipinski definition) is 2. The van der Waals surface area contributed by atoms with Gasteiger partial charge in [0, 0.05) is 12.6 Å². The zero-order valence-corrected chi connectivity index (χ0v) is 9.09. The lowest BCUT2D eigenvalue weighted by molar-refractivity contribution is -0.177. The molecule has 74 valence electrons. The molecule has 0 saturated carbocycles. The highest BCUT2D eigenvalue weighted by Gasteiger charge is 2.65. The molecule has 2 heterocycles. The minimum Gasteiger partial charge on any atom is -0.326 e. The third kappa shape index (κ3) is 0.766. The van der Waals surface area contributed by atoms with Crippen molar-refractivity contribution in [2.24, 2.45) is 5.92 Å². The fourth-order valence-electron chi connectivity index (χ4n) is 2.85. The Hall–Kier alpha value is -0.570. The van der Waals surface area contributed by atoms with Crippen molar-refractivity contribution in [3.05, 3.63) is 0 Å². The monoisotopic (exact) mass is 182 g/mol. The fraction of sp³-hybridized carbons (Fsp3) is 0.900. The van der Waals surface area contributed by atoms with E-state index in [9.17, 15) is 4.79 Å². The van der Waals surface area contributed by atoms with Gasteiger partial charge in [-0.05, 0) is 34.2 Å². The van der Waals surface area contributed by atoms with Crippen LogP contribution in [-0.4, -0.2) is 41.0 Å². The lowest BCUT2D eigenvalue weighted by Gasteiger charge is -2.54. The van der Waals surface area contributed by atoms with Gasteiger partial charge in [-0.25, -0.2) is 0 Å². The van der Waals surface area contributed by atoms with Gasteiger partial charge in [0.1, 0.15) is 5.66 Å². The normalized spacial score (nSPS) is 43.3. The maximum absolute atomic E-state index is 11.6. The molecule has 0 radical (unpaired) electrons. The lowest BCUT2D eigenvalue weighted by Crippen LogP contribution is -2.71. The summed E-state index contributed by atoms with van der Waals surface area (Å²) >= 11 is 0. The van der Waals surface area contributed by atoms with Gasteiger partial charge >= 0.3 is 0 Å². The molecule has 2 rings (SSSR count). The van der Waals surface area contributed by atoms with E-state index in [1.807, 2.05) is 11.9 Å². The molecule has 2 aliphatic heterocycles. The van der Waals surface area contributed by atoms with E-state index in [-0.39, 0.29) is 17.1 Å². The van der Waals surface area contributed by atoms with Crippen LogP contribution in [0.15, 0.2) is 0 Å². The van der Waals surface area contributed by atoms with Gasteiger partial charge in [0.25, 0.3) is 0 Å². The molecule has 0 spiro atoms. The Bertz CT molecular complexity index is 274. The lowest BCUT2D eigenvalue weighted by atomic mass is 9.82. The number of β-lactam (4-membered cyclic amide) rings is 1. The van der Waals surface area contributed by atoms with Gasteiger partial charge in [-0.3, -0.25) is 9.69 Å². The minimum atomic E-state index is -0.0272. The van der Waals surface area contributed by atoms with Crippen molar-refractivity contribution in [3.8, 4) is 0 Å². The fourth-order valence-corrected chi connectivity index (χ4v) is 2.85. The molecule has 2 unspecified atom stereocenters. The Balaban J connectivity index is 2.37. The van der Waals surface area contributed by atoms with Crippen molar-refractivity contribution < 1.29 is 4.79 Å². The molecular formula is C10H18N2O. The third-order valence-electron chi connectivity index (χ3n) is 4.26. The topological polar surface area (TPSA) is 23.6 Å². The molecule has 2 saturated heterocycles. The molecule has 3 heteroatoms. The van der Waals surface area contributed by atoms with E-state index in [1.54, 1.807) is 0 Å². The van der Waals surface area contributed by atoms with Gasteiger partial charge in [0.15, 0.2) is 0 Å². The minimum absolute atomic E-state index is 0.0272. The quantitative estimate of drug-likeness (QED) is 0.520.